The number of hydrogen-bond acceptors (Lipinski definition) is 4. The molecule has 0 aromatic carbocycles. The maximum Gasteiger partial charge on any atom is 0.320 e. The maximum atomic E-state index is 10.0. The van der Waals surface area contributed by atoms with Gasteiger partial charge in [-0.25, -0.2) is 0 Å². The summed E-state index contributed by atoms with van der Waals surface area (Å²) in [5.74, 6) is -1.16. The Morgan fingerprint density at radius 3 is 1.69 bits per heavy atom. The zero-order valence-corrected chi connectivity index (χ0v) is 8.40. The van der Waals surface area contributed by atoms with Gasteiger partial charge in [0.25, 0.3) is 0 Å². The van der Waals surface area contributed by atoms with Gasteiger partial charge in [-0.2, -0.15) is 0 Å². The van der Waals surface area contributed by atoms with Gasteiger partial charge in [-0.15, -0.1) is 0 Å². The lowest BCUT2D eigenvalue weighted by Crippen LogP contribution is -2.34. The molecule has 1 unspecified atom stereocenters. The van der Waals surface area contributed by atoms with Crippen LogP contribution >= 0.6 is 0 Å². The van der Waals surface area contributed by atoms with Gasteiger partial charge in [0, 0.05) is 6.92 Å². The Balaban J connectivity index is 0. The van der Waals surface area contributed by atoms with E-state index in [0.29, 0.717) is 0 Å². The van der Waals surface area contributed by atoms with Gasteiger partial charge < -0.3 is 15.6 Å². The second-order valence-corrected chi connectivity index (χ2v) is 2.80. The van der Waals surface area contributed by atoms with Gasteiger partial charge in [-0.05, 0) is 5.92 Å². The molecule has 5 heteroatoms. The van der Waals surface area contributed by atoms with Crippen molar-refractivity contribution in [3.8, 4) is 0 Å². The highest BCUT2D eigenvalue weighted by Gasteiger charge is 2.14. The Hall–Kier alpha value is -1.10. The maximum absolute atomic E-state index is 10.0. The lowest BCUT2D eigenvalue weighted by atomic mass is 10.1. The molecule has 0 saturated carbocycles. The number of esters is 1. The number of ether oxygens (including phenoxy) is 1. The summed E-state index contributed by atoms with van der Waals surface area (Å²) in [7, 11) is 1.35. The molecule has 0 fully saturated rings. The quantitative estimate of drug-likeness (QED) is 0.610. The number of nitrogens with two attached hydrogens (primary N) is 1. The summed E-state index contributed by atoms with van der Waals surface area (Å²) >= 11 is 0. The third kappa shape index (κ3) is 10.9. The van der Waals surface area contributed by atoms with Crippen LogP contribution in [-0.4, -0.2) is 30.2 Å². The van der Waals surface area contributed by atoms with Crippen molar-refractivity contribution in [2.24, 2.45) is 11.7 Å². The third-order valence-electron chi connectivity index (χ3n) is 1.29. The summed E-state index contributed by atoms with van der Waals surface area (Å²) in [5.41, 5.74) is 5.16. The molecule has 0 aliphatic heterocycles. The van der Waals surface area contributed by atoms with Gasteiger partial charge in [0.05, 0.1) is 7.11 Å². The second-order valence-electron chi connectivity index (χ2n) is 2.80. The fourth-order valence-electron chi connectivity index (χ4n) is 0.285. The van der Waals surface area contributed by atoms with E-state index < -0.39 is 12.0 Å². The van der Waals surface area contributed by atoms with Crippen LogP contribution in [-0.2, 0) is 14.3 Å². The van der Waals surface area contributed by atoms with Crippen molar-refractivity contribution >= 4 is 11.9 Å². The highest BCUT2D eigenvalue weighted by molar-refractivity contribution is 5.73. The van der Waals surface area contributed by atoms with Crippen LogP contribution in [0.3, 0.4) is 0 Å². The highest BCUT2D eigenvalue weighted by atomic mass is 16.5. The number of methoxy groups -OCH3 is 1. The normalized spacial score (nSPS) is 11.2. The highest BCUT2D eigenvalue weighted by Crippen LogP contribution is 1.96. The molecular formula is C8H17NO4. The van der Waals surface area contributed by atoms with Crippen LogP contribution in [0, 0.1) is 5.92 Å². The van der Waals surface area contributed by atoms with Crippen molar-refractivity contribution in [2.75, 3.05) is 7.11 Å². The Bertz CT molecular complexity index is 168. The predicted octanol–water partition coefficient (Wildman–Crippen LogP) is 0.234. The topological polar surface area (TPSA) is 89.6 Å². The molecule has 0 aliphatic carbocycles. The zero-order valence-electron chi connectivity index (χ0n) is 8.40. The monoisotopic (exact) mass is 191 g/mol. The first-order chi connectivity index (χ1) is 5.82. The van der Waals surface area contributed by atoms with Crippen LogP contribution in [0.4, 0.5) is 0 Å². The molecule has 0 amide bonds. The van der Waals surface area contributed by atoms with Crippen LogP contribution < -0.4 is 5.73 Å². The van der Waals surface area contributed by atoms with Crippen molar-refractivity contribution in [2.45, 2.75) is 26.8 Å². The van der Waals surface area contributed by atoms with E-state index in [1.54, 1.807) is 13.8 Å². The van der Waals surface area contributed by atoms with Crippen LogP contribution in [0.15, 0.2) is 0 Å². The van der Waals surface area contributed by atoms with Crippen LogP contribution in [0.2, 0.25) is 0 Å². The van der Waals surface area contributed by atoms with Gasteiger partial charge in [0.15, 0.2) is 0 Å². The lowest BCUT2D eigenvalue weighted by Gasteiger charge is -2.07. The molecule has 0 aliphatic rings. The number of hydrogen-bond donors (Lipinski definition) is 2. The van der Waals surface area contributed by atoms with Crippen LogP contribution in [0.25, 0.3) is 0 Å². The first-order valence-corrected chi connectivity index (χ1v) is 3.85. The molecule has 0 aromatic heterocycles. The first kappa shape index (κ1) is 14.4. The Morgan fingerprint density at radius 2 is 1.69 bits per heavy atom. The Morgan fingerprint density at radius 1 is 1.38 bits per heavy atom. The summed E-state index contributed by atoms with van der Waals surface area (Å²) in [6.07, 6.45) is 0. The van der Waals surface area contributed by atoms with Crippen molar-refractivity contribution in [3.63, 3.8) is 0 Å². The SMILES string of the molecule is CC(C)C(N)C(=O)O.COC(C)=O. The zero-order chi connectivity index (χ0) is 11.0. The second kappa shape index (κ2) is 7.54. The Labute approximate surface area is 77.9 Å². The van der Waals surface area contributed by atoms with Gasteiger partial charge in [-0.1, -0.05) is 13.8 Å². The van der Waals surface area contributed by atoms with Gasteiger partial charge >= 0.3 is 11.9 Å². The first-order valence-electron chi connectivity index (χ1n) is 3.85. The molecule has 1 atom stereocenters. The van der Waals surface area contributed by atoms with E-state index in [9.17, 15) is 9.59 Å². The number of carboxylic acid groups (broad SMARTS) is 1. The van der Waals surface area contributed by atoms with E-state index >= 15 is 0 Å². The summed E-state index contributed by atoms with van der Waals surface area (Å²) < 4.78 is 4.11. The number of rotatable bonds is 2. The van der Waals surface area contributed by atoms with Crippen LogP contribution in [0.5, 0.6) is 0 Å². The van der Waals surface area contributed by atoms with Crippen molar-refractivity contribution in [3.05, 3.63) is 0 Å². The van der Waals surface area contributed by atoms with Crippen LogP contribution in [0.1, 0.15) is 20.8 Å². The predicted molar refractivity (Wildman–Crippen MR) is 48.1 cm³/mol. The van der Waals surface area contributed by atoms with E-state index in [1.165, 1.54) is 14.0 Å². The molecule has 13 heavy (non-hydrogen) atoms. The molecule has 0 spiro atoms. The molecule has 0 heterocycles. The minimum Gasteiger partial charge on any atom is -0.480 e. The van der Waals surface area contributed by atoms with E-state index in [-0.39, 0.29) is 11.9 Å². The molecule has 0 saturated heterocycles. The standard InChI is InChI=1S/C5H11NO2.C3H6O2/c1-3(2)4(6)5(7)8;1-3(4)5-2/h3-4H,6H2,1-2H3,(H,7,8);1-2H3. The minimum atomic E-state index is -0.931. The van der Waals surface area contributed by atoms with Gasteiger partial charge in [0.2, 0.25) is 0 Å². The molecular weight excluding hydrogens is 174 g/mol. The summed E-state index contributed by atoms with van der Waals surface area (Å²) in [4.78, 5) is 19.6. The van der Waals surface area contributed by atoms with E-state index in [0.717, 1.165) is 0 Å². The smallest absolute Gasteiger partial charge is 0.320 e. The summed E-state index contributed by atoms with van der Waals surface area (Å²) in [6.45, 7) is 4.91. The molecule has 0 aromatic rings. The van der Waals surface area contributed by atoms with Crippen molar-refractivity contribution < 1.29 is 19.4 Å². The van der Waals surface area contributed by atoms with Crippen molar-refractivity contribution in [1.82, 2.24) is 0 Å². The van der Waals surface area contributed by atoms with E-state index in [1.807, 2.05) is 0 Å². The molecule has 0 bridgehead atoms. The van der Waals surface area contributed by atoms with E-state index in [4.69, 9.17) is 10.8 Å². The van der Waals surface area contributed by atoms with E-state index in [2.05, 4.69) is 4.74 Å². The molecule has 3 N–H and O–H groups in total. The fraction of sp³-hybridized carbons (Fsp3) is 0.750. The summed E-state index contributed by atoms with van der Waals surface area (Å²) in [5, 5.41) is 8.23. The average Bonchev–Trinajstić information content (AvgIpc) is 2.03. The Kier molecular flexibility index (Phi) is 8.37. The van der Waals surface area contributed by atoms with Gasteiger partial charge in [-0.3, -0.25) is 9.59 Å². The average molecular weight is 191 g/mol. The number of carbonyl (C=O) groups is 2. The lowest BCUT2D eigenvalue weighted by molar-refractivity contribution is -0.140. The largest absolute Gasteiger partial charge is 0.480 e. The molecule has 0 radical (unpaired) electrons. The molecule has 5 nitrogen and oxygen atoms in total. The fourth-order valence-corrected chi connectivity index (χ4v) is 0.285. The summed E-state index contributed by atoms with van der Waals surface area (Å²) in [6, 6.07) is -0.713. The number of aliphatic carboxylic acids is 1. The molecule has 0 rings (SSSR count). The number of carboxylic acids is 1. The third-order valence-corrected chi connectivity index (χ3v) is 1.29. The number of carbonyl (C=O) groups excluding carboxylic acids is 1. The van der Waals surface area contributed by atoms with Gasteiger partial charge in [0.1, 0.15) is 6.04 Å². The minimum absolute atomic E-state index is 0.0208. The van der Waals surface area contributed by atoms with Crippen molar-refractivity contribution in [1.29, 1.82) is 0 Å². The molecule has 78 valence electrons.